The number of hydrogen-bond acceptors (Lipinski definition) is 5. The van der Waals surface area contributed by atoms with Gasteiger partial charge in [0, 0.05) is 12.1 Å². The maximum atomic E-state index is 13.0. The zero-order chi connectivity index (χ0) is 23.5. The van der Waals surface area contributed by atoms with Crippen molar-refractivity contribution in [3.05, 3.63) is 65.2 Å². The SMILES string of the molecule is COc1cc2c(c(OC)c1)C(=O)O[C@@H](C)CCCC(NCCc1ccccc1)CCC/C=C/2. The molecule has 0 amide bonds. The van der Waals surface area contributed by atoms with Gasteiger partial charge in [-0.1, -0.05) is 42.5 Å². The number of rotatable bonds is 6. The average Bonchev–Trinajstić information content (AvgIpc) is 2.82. The van der Waals surface area contributed by atoms with E-state index in [1.165, 1.54) is 5.56 Å². The first kappa shape index (κ1) is 24.8. The summed E-state index contributed by atoms with van der Waals surface area (Å²) in [4.78, 5) is 13.0. The molecule has 0 aromatic heterocycles. The smallest absolute Gasteiger partial charge is 0.342 e. The maximum Gasteiger partial charge on any atom is 0.342 e. The first-order valence-corrected chi connectivity index (χ1v) is 12.0. The quantitative estimate of drug-likeness (QED) is 0.561. The fraction of sp³-hybridized carbons (Fsp3) is 0.464. The molecule has 1 aliphatic rings. The number of ether oxygens (including phenoxy) is 3. The molecule has 0 saturated heterocycles. The molecule has 0 spiro atoms. The number of allylic oxidation sites excluding steroid dienone is 1. The van der Waals surface area contributed by atoms with Gasteiger partial charge in [0.2, 0.25) is 0 Å². The summed E-state index contributed by atoms with van der Waals surface area (Å²) in [5, 5.41) is 3.75. The number of fused-ring (bicyclic) bond motifs is 1. The topological polar surface area (TPSA) is 56.8 Å². The molecule has 1 N–H and O–H groups in total. The van der Waals surface area contributed by atoms with Crippen LogP contribution in [0, 0.1) is 0 Å². The lowest BCUT2D eigenvalue weighted by molar-refractivity contribution is 0.0314. The van der Waals surface area contributed by atoms with Crippen molar-refractivity contribution < 1.29 is 19.0 Å². The van der Waals surface area contributed by atoms with Gasteiger partial charge in [-0.05, 0) is 75.6 Å². The monoisotopic (exact) mass is 451 g/mol. The Bertz CT molecular complexity index is 910. The third-order valence-electron chi connectivity index (χ3n) is 6.15. The van der Waals surface area contributed by atoms with Crippen LogP contribution in [0.4, 0.5) is 0 Å². The summed E-state index contributed by atoms with van der Waals surface area (Å²) in [6, 6.07) is 14.7. The van der Waals surface area contributed by atoms with E-state index in [1.54, 1.807) is 20.3 Å². The maximum absolute atomic E-state index is 13.0. The second-order valence-corrected chi connectivity index (χ2v) is 8.66. The van der Waals surface area contributed by atoms with Crippen molar-refractivity contribution in [3.8, 4) is 11.5 Å². The molecular formula is C28H37NO4. The van der Waals surface area contributed by atoms with E-state index in [0.29, 0.717) is 23.1 Å². The van der Waals surface area contributed by atoms with Crippen LogP contribution in [0.3, 0.4) is 0 Å². The van der Waals surface area contributed by atoms with E-state index < -0.39 is 0 Å². The number of cyclic esters (lactones) is 1. The molecule has 5 heteroatoms. The molecule has 0 bridgehead atoms. The lowest BCUT2D eigenvalue weighted by Gasteiger charge is -2.21. The first-order chi connectivity index (χ1) is 16.1. The molecule has 1 aliphatic heterocycles. The Morgan fingerprint density at radius 1 is 1.03 bits per heavy atom. The van der Waals surface area contributed by atoms with E-state index in [9.17, 15) is 4.79 Å². The van der Waals surface area contributed by atoms with Crippen LogP contribution in [0.5, 0.6) is 11.5 Å². The normalized spacial score (nSPS) is 20.8. The van der Waals surface area contributed by atoms with Crippen LogP contribution in [0.25, 0.3) is 6.08 Å². The predicted octanol–water partition coefficient (Wildman–Crippen LogP) is 5.82. The largest absolute Gasteiger partial charge is 0.497 e. The van der Waals surface area contributed by atoms with Crippen molar-refractivity contribution in [2.45, 2.75) is 64.0 Å². The fourth-order valence-electron chi connectivity index (χ4n) is 4.30. The highest BCUT2D eigenvalue weighted by molar-refractivity contribution is 5.97. The zero-order valence-electron chi connectivity index (χ0n) is 20.1. The summed E-state index contributed by atoms with van der Waals surface area (Å²) in [7, 11) is 3.17. The molecule has 2 aromatic rings. The molecular weight excluding hydrogens is 414 g/mol. The zero-order valence-corrected chi connectivity index (χ0v) is 20.1. The highest BCUT2D eigenvalue weighted by Gasteiger charge is 2.22. The van der Waals surface area contributed by atoms with E-state index in [0.717, 1.165) is 57.1 Å². The van der Waals surface area contributed by atoms with Gasteiger partial charge in [0.1, 0.15) is 17.1 Å². The third-order valence-corrected chi connectivity index (χ3v) is 6.15. The van der Waals surface area contributed by atoms with Gasteiger partial charge in [-0.15, -0.1) is 0 Å². The van der Waals surface area contributed by atoms with Gasteiger partial charge in [0.25, 0.3) is 0 Å². The van der Waals surface area contributed by atoms with Crippen LogP contribution in [0.1, 0.15) is 66.9 Å². The van der Waals surface area contributed by atoms with Crippen molar-refractivity contribution in [1.29, 1.82) is 0 Å². The number of nitrogens with one attached hydrogen (secondary N) is 1. The van der Waals surface area contributed by atoms with Crippen LogP contribution in [-0.4, -0.2) is 38.9 Å². The molecule has 1 unspecified atom stereocenters. The summed E-state index contributed by atoms with van der Waals surface area (Å²) >= 11 is 0. The van der Waals surface area contributed by atoms with Crippen molar-refractivity contribution >= 4 is 12.0 Å². The Hall–Kier alpha value is -2.79. The number of hydrogen-bond donors (Lipinski definition) is 1. The van der Waals surface area contributed by atoms with Gasteiger partial charge in [-0.25, -0.2) is 4.79 Å². The van der Waals surface area contributed by atoms with E-state index in [2.05, 4.69) is 41.7 Å². The summed E-state index contributed by atoms with van der Waals surface area (Å²) in [6.07, 6.45) is 11.1. The highest BCUT2D eigenvalue weighted by atomic mass is 16.5. The average molecular weight is 452 g/mol. The highest BCUT2D eigenvalue weighted by Crippen LogP contribution is 2.31. The minimum atomic E-state index is -0.351. The van der Waals surface area contributed by atoms with Crippen LogP contribution >= 0.6 is 0 Å². The van der Waals surface area contributed by atoms with Gasteiger partial charge in [-0.3, -0.25) is 0 Å². The number of benzene rings is 2. The molecule has 2 aromatic carbocycles. The Labute approximate surface area is 198 Å². The molecule has 33 heavy (non-hydrogen) atoms. The molecule has 0 radical (unpaired) electrons. The number of carbonyl (C=O) groups is 1. The molecule has 0 saturated carbocycles. The van der Waals surface area contributed by atoms with E-state index >= 15 is 0 Å². The van der Waals surface area contributed by atoms with Crippen LogP contribution in [-0.2, 0) is 11.2 Å². The van der Waals surface area contributed by atoms with Gasteiger partial charge in [0.15, 0.2) is 0 Å². The standard InChI is InChI=1S/C28H37NO4/c1-21-11-10-16-24(29-18-17-22-12-6-4-7-13-22)15-9-5-8-14-23-19-25(31-2)20-26(32-3)27(23)28(30)33-21/h4,6-8,12-14,19-21,24,29H,5,9-11,15-18H2,1-3H3/b14-8+/t21-,24?/m0/s1. The van der Waals surface area contributed by atoms with Crippen molar-refractivity contribution in [3.63, 3.8) is 0 Å². The third kappa shape index (κ3) is 7.64. The summed E-state index contributed by atoms with van der Waals surface area (Å²) in [5.41, 5.74) is 2.58. The fourth-order valence-corrected chi connectivity index (χ4v) is 4.30. The van der Waals surface area contributed by atoms with Crippen LogP contribution in [0.15, 0.2) is 48.5 Å². The van der Waals surface area contributed by atoms with Gasteiger partial charge in [0.05, 0.1) is 20.3 Å². The Balaban J connectivity index is 1.69. The number of carbonyl (C=O) groups excluding carboxylic acids is 1. The molecule has 0 aliphatic carbocycles. The van der Waals surface area contributed by atoms with Gasteiger partial charge in [-0.2, -0.15) is 0 Å². The summed E-state index contributed by atoms with van der Waals surface area (Å²) in [5.74, 6) is 0.775. The van der Waals surface area contributed by atoms with E-state index in [-0.39, 0.29) is 12.1 Å². The summed E-state index contributed by atoms with van der Waals surface area (Å²) < 4.78 is 16.7. The second-order valence-electron chi connectivity index (χ2n) is 8.66. The van der Waals surface area contributed by atoms with Crippen molar-refractivity contribution in [1.82, 2.24) is 5.32 Å². The number of esters is 1. The van der Waals surface area contributed by atoms with Crippen molar-refractivity contribution in [2.75, 3.05) is 20.8 Å². The Morgan fingerprint density at radius 2 is 1.82 bits per heavy atom. The van der Waals surface area contributed by atoms with E-state index in [4.69, 9.17) is 14.2 Å². The van der Waals surface area contributed by atoms with Gasteiger partial charge >= 0.3 is 5.97 Å². The molecule has 2 atom stereocenters. The molecule has 178 valence electrons. The van der Waals surface area contributed by atoms with E-state index in [1.807, 2.05) is 19.1 Å². The lowest BCUT2D eigenvalue weighted by Crippen LogP contribution is -2.31. The minimum Gasteiger partial charge on any atom is -0.497 e. The molecule has 0 fully saturated rings. The van der Waals surface area contributed by atoms with Crippen molar-refractivity contribution in [2.24, 2.45) is 0 Å². The minimum absolute atomic E-state index is 0.158. The van der Waals surface area contributed by atoms with Crippen LogP contribution < -0.4 is 14.8 Å². The lowest BCUT2D eigenvalue weighted by atomic mass is 10.00. The molecule has 1 heterocycles. The molecule has 5 nitrogen and oxygen atoms in total. The molecule has 3 rings (SSSR count). The van der Waals surface area contributed by atoms with Crippen LogP contribution in [0.2, 0.25) is 0 Å². The Morgan fingerprint density at radius 3 is 2.58 bits per heavy atom. The first-order valence-electron chi connectivity index (χ1n) is 12.0. The number of methoxy groups -OCH3 is 2. The predicted molar refractivity (Wildman–Crippen MR) is 133 cm³/mol. The summed E-state index contributed by atoms with van der Waals surface area (Å²) in [6.45, 7) is 2.94. The Kier molecular flexibility index (Phi) is 9.82. The second kappa shape index (κ2) is 13.0. The van der Waals surface area contributed by atoms with Gasteiger partial charge < -0.3 is 19.5 Å².